The van der Waals surface area contributed by atoms with E-state index in [2.05, 4.69) is 100 Å². The van der Waals surface area contributed by atoms with E-state index in [1.54, 1.807) is 0 Å². The maximum absolute atomic E-state index is 10.0. The molecule has 0 saturated heterocycles. The number of fused-ring (bicyclic) bond motifs is 6. The van der Waals surface area contributed by atoms with Crippen LogP contribution in [0.4, 0.5) is 5.69 Å². The lowest BCUT2D eigenvalue weighted by Gasteiger charge is -2.18. The largest absolute Gasteiger partial charge is 0.308 e. The van der Waals surface area contributed by atoms with Gasteiger partial charge in [-0.3, -0.25) is 0 Å². The first-order valence-corrected chi connectivity index (χ1v) is 13.5. The van der Waals surface area contributed by atoms with Gasteiger partial charge in [0.1, 0.15) is 0 Å². The molecule has 4 nitrogen and oxygen atoms in total. The molecule has 0 aliphatic carbocycles. The van der Waals surface area contributed by atoms with Crippen LogP contribution in [-0.2, 0) is 0 Å². The Morgan fingerprint density at radius 2 is 1.08 bits per heavy atom. The maximum atomic E-state index is 10.0. The zero-order chi connectivity index (χ0) is 26.0. The molecule has 7 rings (SSSR count). The van der Waals surface area contributed by atoms with Gasteiger partial charge in [-0.05, 0) is 60.7 Å². The summed E-state index contributed by atoms with van der Waals surface area (Å²) in [6.45, 7) is 7.84. The van der Waals surface area contributed by atoms with Gasteiger partial charge in [-0.15, -0.1) is 0 Å². The third-order valence-electron chi connectivity index (χ3n) is 7.08. The number of nitriles is 1. The summed E-state index contributed by atoms with van der Waals surface area (Å²) in [5.74, 6) is 0. The first-order valence-electron chi connectivity index (χ1n) is 11.9. The third-order valence-corrected chi connectivity index (χ3v) is 8.07. The van der Waals surface area contributed by atoms with Crippen LogP contribution >= 0.6 is 31.9 Å². The van der Waals surface area contributed by atoms with E-state index in [4.69, 9.17) is 6.57 Å². The van der Waals surface area contributed by atoms with Crippen molar-refractivity contribution < 1.29 is 0 Å². The summed E-state index contributed by atoms with van der Waals surface area (Å²) in [7, 11) is 0. The molecule has 0 N–H and O–H groups in total. The Labute approximate surface area is 235 Å². The summed E-state index contributed by atoms with van der Waals surface area (Å²) in [6, 6.07) is 35.1. The second-order valence-electron chi connectivity index (χ2n) is 9.11. The Balaban J connectivity index is 1.71. The highest BCUT2D eigenvalue weighted by Crippen LogP contribution is 2.41. The van der Waals surface area contributed by atoms with Crippen LogP contribution in [0.15, 0.2) is 106 Å². The molecule has 0 fully saturated rings. The first-order chi connectivity index (χ1) is 18.6. The van der Waals surface area contributed by atoms with E-state index in [0.717, 1.165) is 63.9 Å². The van der Waals surface area contributed by atoms with E-state index in [0.29, 0.717) is 11.3 Å². The number of hydrogen-bond acceptors (Lipinski definition) is 1. The number of aromatic nitrogens is 2. The van der Waals surface area contributed by atoms with Crippen LogP contribution in [0, 0.1) is 17.9 Å². The van der Waals surface area contributed by atoms with Crippen molar-refractivity contribution in [3.05, 3.63) is 123 Å². The van der Waals surface area contributed by atoms with Crippen molar-refractivity contribution in [3.63, 3.8) is 0 Å². The lowest BCUT2D eigenvalue weighted by atomic mass is 10.1. The molecule has 6 heteroatoms. The van der Waals surface area contributed by atoms with Gasteiger partial charge in [0.15, 0.2) is 0 Å². The molecule has 7 aromatic rings. The van der Waals surface area contributed by atoms with E-state index in [-0.39, 0.29) is 0 Å². The lowest BCUT2D eigenvalue weighted by molar-refractivity contribution is 1.09. The standard InChI is InChI=1S/C32H16Br2N4/c1-36-26-17-32(38-28-9-5-3-7-23(28)25-16-21(34)11-13-30(25)38)31(14-19(26)18-35)37-27-8-4-2-6-22(27)24-15-20(33)10-12-29(24)37/h2-17H. The van der Waals surface area contributed by atoms with E-state index in [9.17, 15) is 5.26 Å². The van der Waals surface area contributed by atoms with E-state index >= 15 is 0 Å². The maximum Gasteiger partial charge on any atom is 0.206 e. The summed E-state index contributed by atoms with van der Waals surface area (Å²) in [5, 5.41) is 14.5. The number of nitrogens with zero attached hydrogens (tertiary/aromatic N) is 4. The number of benzene rings is 5. The molecule has 2 aromatic heterocycles. The SMILES string of the molecule is [C-]#[N+]c1cc(-n2c3ccccc3c3cc(Br)ccc32)c(-n2c3ccccc3c3cc(Br)ccc32)cc1C#N. The van der Waals surface area contributed by atoms with Gasteiger partial charge in [0.05, 0.1) is 51.6 Å². The highest BCUT2D eigenvalue weighted by molar-refractivity contribution is 9.10. The molecule has 0 aliphatic heterocycles. The van der Waals surface area contributed by atoms with Gasteiger partial charge >= 0.3 is 0 Å². The van der Waals surface area contributed by atoms with E-state index in [1.165, 1.54) is 0 Å². The van der Waals surface area contributed by atoms with Crippen molar-refractivity contribution in [1.29, 1.82) is 5.26 Å². The average Bonchev–Trinajstić information content (AvgIpc) is 3.44. The van der Waals surface area contributed by atoms with Crippen molar-refractivity contribution in [2.24, 2.45) is 0 Å². The Kier molecular flexibility index (Phi) is 5.16. The first kappa shape index (κ1) is 22.8. The molecule has 0 bridgehead atoms. The molecule has 0 unspecified atom stereocenters. The number of hydrogen-bond donors (Lipinski definition) is 0. The van der Waals surface area contributed by atoms with Crippen LogP contribution in [0.2, 0.25) is 0 Å². The summed E-state index contributed by atoms with van der Waals surface area (Å²) < 4.78 is 6.42. The van der Waals surface area contributed by atoms with Gasteiger partial charge < -0.3 is 9.13 Å². The molecule has 0 atom stereocenters. The molecule has 178 valence electrons. The minimum atomic E-state index is 0.331. The fourth-order valence-corrected chi connectivity index (χ4v) is 6.24. The predicted molar refractivity (Wildman–Crippen MR) is 161 cm³/mol. The minimum Gasteiger partial charge on any atom is -0.308 e. The highest BCUT2D eigenvalue weighted by atomic mass is 79.9. The Hall–Kier alpha value is -4.36. The Morgan fingerprint density at radius 3 is 1.58 bits per heavy atom. The zero-order valence-corrected chi connectivity index (χ0v) is 23.0. The van der Waals surface area contributed by atoms with Crippen molar-refractivity contribution in [1.82, 2.24) is 9.13 Å². The van der Waals surface area contributed by atoms with E-state index < -0.39 is 0 Å². The van der Waals surface area contributed by atoms with Crippen LogP contribution < -0.4 is 0 Å². The quantitative estimate of drug-likeness (QED) is 0.178. The van der Waals surface area contributed by atoms with Crippen LogP contribution in [0.25, 0.3) is 59.8 Å². The van der Waals surface area contributed by atoms with Gasteiger partial charge in [0, 0.05) is 30.5 Å². The Morgan fingerprint density at radius 1 is 0.605 bits per heavy atom. The molecule has 38 heavy (non-hydrogen) atoms. The van der Waals surface area contributed by atoms with Gasteiger partial charge in [-0.2, -0.15) is 5.26 Å². The monoisotopic (exact) mass is 614 g/mol. The normalized spacial score (nSPS) is 11.4. The number of halogens is 2. The van der Waals surface area contributed by atoms with Crippen LogP contribution in [0.1, 0.15) is 5.56 Å². The molecular formula is C32H16Br2N4. The molecule has 0 aliphatic rings. The van der Waals surface area contributed by atoms with Crippen LogP contribution in [-0.4, -0.2) is 9.13 Å². The summed E-state index contributed by atoms with van der Waals surface area (Å²) in [6.07, 6.45) is 0. The summed E-state index contributed by atoms with van der Waals surface area (Å²) in [5.41, 5.74) is 6.49. The second kappa shape index (κ2) is 8.60. The highest BCUT2D eigenvalue weighted by Gasteiger charge is 2.21. The zero-order valence-electron chi connectivity index (χ0n) is 19.8. The molecule has 0 spiro atoms. The molecule has 0 radical (unpaired) electrons. The van der Waals surface area contributed by atoms with Crippen LogP contribution in [0.3, 0.4) is 0 Å². The second-order valence-corrected chi connectivity index (χ2v) is 10.9. The summed E-state index contributed by atoms with van der Waals surface area (Å²) >= 11 is 7.28. The van der Waals surface area contributed by atoms with Crippen LogP contribution in [0.5, 0.6) is 0 Å². The van der Waals surface area contributed by atoms with Crippen molar-refractivity contribution >= 4 is 81.2 Å². The van der Waals surface area contributed by atoms with Gasteiger partial charge in [0.25, 0.3) is 0 Å². The smallest absolute Gasteiger partial charge is 0.206 e. The number of rotatable bonds is 2. The summed E-state index contributed by atoms with van der Waals surface area (Å²) in [4.78, 5) is 3.74. The fraction of sp³-hybridized carbons (Fsp3) is 0. The predicted octanol–water partition coefficient (Wildman–Crippen LogP) is 9.83. The molecular weight excluding hydrogens is 600 g/mol. The molecule has 0 amide bonds. The fourth-order valence-electron chi connectivity index (χ4n) is 5.52. The lowest BCUT2D eigenvalue weighted by Crippen LogP contribution is -2.04. The average molecular weight is 616 g/mol. The topological polar surface area (TPSA) is 38.0 Å². The van der Waals surface area contributed by atoms with Gasteiger partial charge in [-0.25, -0.2) is 4.85 Å². The van der Waals surface area contributed by atoms with Crippen molar-refractivity contribution in [2.45, 2.75) is 0 Å². The van der Waals surface area contributed by atoms with Crippen molar-refractivity contribution in [3.8, 4) is 17.4 Å². The third kappa shape index (κ3) is 3.25. The minimum absolute atomic E-state index is 0.331. The van der Waals surface area contributed by atoms with Gasteiger partial charge in [-0.1, -0.05) is 68.3 Å². The molecule has 0 saturated carbocycles. The molecule has 5 aromatic carbocycles. The molecule has 2 heterocycles. The van der Waals surface area contributed by atoms with E-state index in [1.807, 2.05) is 48.5 Å². The van der Waals surface area contributed by atoms with Gasteiger partial charge in [0.2, 0.25) is 5.69 Å². The number of para-hydroxylation sites is 2. The Bertz CT molecular complexity index is 2030. The van der Waals surface area contributed by atoms with Crippen molar-refractivity contribution in [2.75, 3.05) is 0 Å².